The second-order valence-corrected chi connectivity index (χ2v) is 1.71. The molecule has 0 aromatic carbocycles. The lowest BCUT2D eigenvalue weighted by Gasteiger charge is -1.92. The molecule has 0 aliphatic heterocycles. The minimum Gasteiger partial charge on any atom is -0.325 e. The molecule has 0 unspecified atom stereocenters. The molecule has 0 saturated heterocycles. The summed E-state index contributed by atoms with van der Waals surface area (Å²) in [6.45, 7) is 0.322. The first-order valence-electron chi connectivity index (χ1n) is 2.78. The van der Waals surface area contributed by atoms with Crippen LogP contribution in [0.4, 0.5) is 0 Å². The van der Waals surface area contributed by atoms with E-state index in [0.29, 0.717) is 17.9 Å². The fourth-order valence-corrected chi connectivity index (χ4v) is 0.559. The number of hydrogen-bond acceptors (Lipinski definition) is 4. The Labute approximate surface area is 58.3 Å². The van der Waals surface area contributed by atoms with Crippen LogP contribution in [0.25, 0.3) is 0 Å². The van der Waals surface area contributed by atoms with Crippen molar-refractivity contribution in [3.05, 3.63) is 23.8 Å². The molecule has 1 aromatic heterocycles. The second-order valence-electron chi connectivity index (χ2n) is 1.71. The van der Waals surface area contributed by atoms with Gasteiger partial charge in [0.1, 0.15) is 6.07 Å². The predicted molar refractivity (Wildman–Crippen MR) is 34.6 cm³/mol. The molecule has 1 rings (SSSR count). The van der Waals surface area contributed by atoms with E-state index in [0.717, 1.165) is 0 Å². The van der Waals surface area contributed by atoms with Crippen LogP contribution >= 0.6 is 0 Å². The normalized spacial score (nSPS) is 8.80. The van der Waals surface area contributed by atoms with E-state index >= 15 is 0 Å². The SMILES string of the molecule is N#Cc1cncc(CN)n1. The van der Waals surface area contributed by atoms with Gasteiger partial charge in [0.25, 0.3) is 0 Å². The summed E-state index contributed by atoms with van der Waals surface area (Å²) >= 11 is 0. The van der Waals surface area contributed by atoms with Crippen molar-refractivity contribution in [1.29, 1.82) is 5.26 Å². The van der Waals surface area contributed by atoms with Gasteiger partial charge >= 0.3 is 0 Å². The second kappa shape index (κ2) is 2.90. The average Bonchev–Trinajstić information content (AvgIpc) is 2.05. The summed E-state index contributed by atoms with van der Waals surface area (Å²) in [6, 6.07) is 1.87. The Balaban J connectivity index is 3.01. The molecule has 0 aliphatic rings. The van der Waals surface area contributed by atoms with Crippen molar-refractivity contribution in [2.75, 3.05) is 0 Å². The minimum atomic E-state index is 0.308. The van der Waals surface area contributed by atoms with E-state index in [2.05, 4.69) is 9.97 Å². The highest BCUT2D eigenvalue weighted by molar-refractivity contribution is 5.16. The summed E-state index contributed by atoms with van der Waals surface area (Å²) in [5.74, 6) is 0. The van der Waals surface area contributed by atoms with Crippen LogP contribution in [-0.4, -0.2) is 9.97 Å². The lowest BCUT2D eigenvalue weighted by Crippen LogP contribution is -2.01. The van der Waals surface area contributed by atoms with Crippen molar-refractivity contribution >= 4 is 0 Å². The predicted octanol–water partition coefficient (Wildman–Crippen LogP) is -0.193. The van der Waals surface area contributed by atoms with E-state index in [1.54, 1.807) is 6.20 Å². The molecule has 0 aliphatic carbocycles. The van der Waals surface area contributed by atoms with E-state index in [9.17, 15) is 0 Å². The molecule has 0 saturated carbocycles. The van der Waals surface area contributed by atoms with Gasteiger partial charge in [0, 0.05) is 12.7 Å². The zero-order valence-electron chi connectivity index (χ0n) is 5.28. The van der Waals surface area contributed by atoms with Crippen molar-refractivity contribution in [3.63, 3.8) is 0 Å². The van der Waals surface area contributed by atoms with Gasteiger partial charge in [-0.2, -0.15) is 5.26 Å². The average molecular weight is 134 g/mol. The Bertz CT molecular complexity index is 263. The Hall–Kier alpha value is -1.47. The maximum Gasteiger partial charge on any atom is 0.159 e. The fourth-order valence-electron chi connectivity index (χ4n) is 0.559. The van der Waals surface area contributed by atoms with Gasteiger partial charge in [0.15, 0.2) is 5.69 Å². The summed E-state index contributed by atoms with van der Waals surface area (Å²) in [4.78, 5) is 7.62. The largest absolute Gasteiger partial charge is 0.325 e. The third kappa shape index (κ3) is 1.27. The molecule has 0 bridgehead atoms. The number of aromatic nitrogens is 2. The molecule has 0 fully saturated rings. The molecule has 0 atom stereocenters. The van der Waals surface area contributed by atoms with Crippen LogP contribution < -0.4 is 5.73 Å². The highest BCUT2D eigenvalue weighted by Gasteiger charge is 1.93. The zero-order chi connectivity index (χ0) is 7.40. The highest BCUT2D eigenvalue weighted by Crippen LogP contribution is 1.91. The van der Waals surface area contributed by atoms with Crippen molar-refractivity contribution in [2.45, 2.75) is 6.54 Å². The molecule has 10 heavy (non-hydrogen) atoms. The minimum absolute atomic E-state index is 0.308. The summed E-state index contributed by atoms with van der Waals surface area (Å²) in [6.07, 6.45) is 2.94. The Morgan fingerprint density at radius 1 is 1.60 bits per heavy atom. The van der Waals surface area contributed by atoms with Crippen LogP contribution in [0, 0.1) is 11.3 Å². The molecule has 4 heteroatoms. The fraction of sp³-hybridized carbons (Fsp3) is 0.167. The topological polar surface area (TPSA) is 75.6 Å². The zero-order valence-corrected chi connectivity index (χ0v) is 5.28. The molecular formula is C6H6N4. The summed E-state index contributed by atoms with van der Waals surface area (Å²) in [5, 5.41) is 8.36. The van der Waals surface area contributed by atoms with Crippen molar-refractivity contribution < 1.29 is 0 Å². The monoisotopic (exact) mass is 134 g/mol. The van der Waals surface area contributed by atoms with Crippen molar-refractivity contribution in [1.82, 2.24) is 9.97 Å². The molecule has 1 heterocycles. The van der Waals surface area contributed by atoms with Crippen LogP contribution in [0.15, 0.2) is 12.4 Å². The quantitative estimate of drug-likeness (QED) is 0.577. The van der Waals surface area contributed by atoms with E-state index in [4.69, 9.17) is 11.0 Å². The smallest absolute Gasteiger partial charge is 0.159 e. The van der Waals surface area contributed by atoms with E-state index in [-0.39, 0.29) is 0 Å². The van der Waals surface area contributed by atoms with Gasteiger partial charge in [-0.05, 0) is 0 Å². The van der Waals surface area contributed by atoms with Crippen LogP contribution in [0.5, 0.6) is 0 Å². The molecule has 2 N–H and O–H groups in total. The third-order valence-corrected chi connectivity index (χ3v) is 1.01. The standard InChI is InChI=1S/C6H6N4/c7-1-5-3-9-4-6(2-8)10-5/h3-4H,1,7H2. The maximum atomic E-state index is 8.36. The molecule has 0 radical (unpaired) electrons. The van der Waals surface area contributed by atoms with E-state index < -0.39 is 0 Å². The number of nitrogens with zero attached hydrogens (tertiary/aromatic N) is 3. The number of nitrogens with two attached hydrogens (primary N) is 1. The van der Waals surface area contributed by atoms with Crippen LogP contribution in [0.2, 0.25) is 0 Å². The van der Waals surface area contributed by atoms with Gasteiger partial charge < -0.3 is 5.73 Å². The van der Waals surface area contributed by atoms with Crippen LogP contribution in [0.1, 0.15) is 11.4 Å². The maximum absolute atomic E-state index is 8.36. The van der Waals surface area contributed by atoms with Gasteiger partial charge in [-0.1, -0.05) is 0 Å². The van der Waals surface area contributed by atoms with Gasteiger partial charge in [0.2, 0.25) is 0 Å². The Morgan fingerprint density at radius 3 is 3.00 bits per heavy atom. The Morgan fingerprint density at radius 2 is 2.40 bits per heavy atom. The van der Waals surface area contributed by atoms with Crippen LogP contribution in [0.3, 0.4) is 0 Å². The lowest BCUT2D eigenvalue weighted by molar-refractivity contribution is 0.954. The molecule has 0 amide bonds. The summed E-state index contributed by atoms with van der Waals surface area (Å²) < 4.78 is 0. The lowest BCUT2D eigenvalue weighted by atomic mass is 10.4. The van der Waals surface area contributed by atoms with Crippen molar-refractivity contribution in [2.24, 2.45) is 5.73 Å². The van der Waals surface area contributed by atoms with Gasteiger partial charge in [-0.15, -0.1) is 0 Å². The molecule has 4 nitrogen and oxygen atoms in total. The molecule has 50 valence electrons. The third-order valence-electron chi connectivity index (χ3n) is 1.01. The van der Waals surface area contributed by atoms with Gasteiger partial charge in [-0.25, -0.2) is 4.98 Å². The van der Waals surface area contributed by atoms with E-state index in [1.165, 1.54) is 6.20 Å². The van der Waals surface area contributed by atoms with Crippen LogP contribution in [-0.2, 0) is 6.54 Å². The molecule has 0 spiro atoms. The highest BCUT2D eigenvalue weighted by atomic mass is 14.8. The Kier molecular flexibility index (Phi) is 1.92. The summed E-state index contributed by atoms with van der Waals surface area (Å²) in [5.41, 5.74) is 6.21. The number of rotatable bonds is 1. The summed E-state index contributed by atoms with van der Waals surface area (Å²) in [7, 11) is 0. The first kappa shape index (κ1) is 6.65. The number of hydrogen-bond donors (Lipinski definition) is 1. The first-order chi connectivity index (χ1) is 4.86. The van der Waals surface area contributed by atoms with E-state index in [1.807, 2.05) is 6.07 Å². The number of nitriles is 1. The van der Waals surface area contributed by atoms with Gasteiger partial charge in [0.05, 0.1) is 11.9 Å². The molecular weight excluding hydrogens is 128 g/mol. The molecule has 1 aromatic rings. The first-order valence-corrected chi connectivity index (χ1v) is 2.78. The van der Waals surface area contributed by atoms with Crippen molar-refractivity contribution in [3.8, 4) is 6.07 Å². The van der Waals surface area contributed by atoms with Gasteiger partial charge in [-0.3, -0.25) is 4.98 Å².